The van der Waals surface area contributed by atoms with Gasteiger partial charge >= 0.3 is 6.09 Å². The van der Waals surface area contributed by atoms with Gasteiger partial charge in [-0.05, 0) is 44.9 Å². The Balaban J connectivity index is 2.95. The molecule has 122 valence electrons. The highest BCUT2D eigenvalue weighted by molar-refractivity contribution is 5.68. The Morgan fingerprint density at radius 2 is 2.09 bits per heavy atom. The number of amides is 1. The fourth-order valence-electron chi connectivity index (χ4n) is 1.97. The number of methoxy groups -OCH3 is 1. The van der Waals surface area contributed by atoms with Crippen LogP contribution in [0.4, 0.5) is 4.79 Å². The summed E-state index contributed by atoms with van der Waals surface area (Å²) in [6, 6.07) is 1.97. The number of pyridine rings is 1. The van der Waals surface area contributed by atoms with Gasteiger partial charge in [0.25, 0.3) is 0 Å². The van der Waals surface area contributed by atoms with Gasteiger partial charge in [-0.15, -0.1) is 6.58 Å². The quantitative estimate of drug-likeness (QED) is 0.755. The maximum Gasteiger partial charge on any atom is 0.410 e. The summed E-state index contributed by atoms with van der Waals surface area (Å²) in [7, 11) is 1.65. The average Bonchev–Trinajstić information content (AvgIpc) is 2.39. The van der Waals surface area contributed by atoms with Crippen LogP contribution in [0, 0.1) is 6.92 Å². The van der Waals surface area contributed by atoms with Gasteiger partial charge in [0.1, 0.15) is 5.60 Å². The number of carbonyl (C=O) groups is 1. The lowest BCUT2D eigenvalue weighted by molar-refractivity contribution is 0.0255. The summed E-state index contributed by atoms with van der Waals surface area (Å²) in [6.45, 7) is 12.5. The van der Waals surface area contributed by atoms with Crippen molar-refractivity contribution in [3.05, 3.63) is 41.7 Å². The molecule has 5 nitrogen and oxygen atoms in total. The van der Waals surface area contributed by atoms with Gasteiger partial charge in [-0.1, -0.05) is 6.08 Å². The lowest BCUT2D eigenvalue weighted by Gasteiger charge is -2.27. The van der Waals surface area contributed by atoms with Gasteiger partial charge in [0.05, 0.1) is 13.2 Å². The summed E-state index contributed by atoms with van der Waals surface area (Å²) in [5, 5.41) is 0. The van der Waals surface area contributed by atoms with Crippen LogP contribution in [0.2, 0.25) is 0 Å². The minimum atomic E-state index is -0.530. The molecule has 0 aromatic carbocycles. The highest BCUT2D eigenvalue weighted by Gasteiger charge is 2.22. The first-order valence-corrected chi connectivity index (χ1v) is 7.29. The van der Waals surface area contributed by atoms with Crippen molar-refractivity contribution in [2.45, 2.75) is 46.4 Å². The van der Waals surface area contributed by atoms with E-state index >= 15 is 0 Å². The predicted molar refractivity (Wildman–Crippen MR) is 86.5 cm³/mol. The number of hydrogen-bond acceptors (Lipinski definition) is 4. The molecule has 1 aromatic heterocycles. The van der Waals surface area contributed by atoms with Crippen molar-refractivity contribution >= 4 is 6.09 Å². The zero-order chi connectivity index (χ0) is 16.8. The molecule has 0 N–H and O–H groups in total. The zero-order valence-corrected chi connectivity index (χ0v) is 14.2. The van der Waals surface area contributed by atoms with Crippen LogP contribution in [0.3, 0.4) is 0 Å². The second-order valence-electron chi connectivity index (χ2n) is 6.18. The molecule has 0 radical (unpaired) electrons. The number of rotatable bonds is 6. The number of hydrogen-bond donors (Lipinski definition) is 0. The molecular formula is C17H26N2O3. The Morgan fingerprint density at radius 1 is 1.41 bits per heavy atom. The lowest BCUT2D eigenvalue weighted by Crippen LogP contribution is -2.36. The Morgan fingerprint density at radius 3 is 2.64 bits per heavy atom. The Hall–Kier alpha value is -1.88. The van der Waals surface area contributed by atoms with Crippen LogP contribution >= 0.6 is 0 Å². The van der Waals surface area contributed by atoms with Crippen LogP contribution in [-0.4, -0.2) is 35.2 Å². The third kappa shape index (κ3) is 5.85. The number of nitrogens with zero attached hydrogens (tertiary/aromatic N) is 2. The van der Waals surface area contributed by atoms with Gasteiger partial charge in [-0.3, -0.25) is 4.98 Å². The van der Waals surface area contributed by atoms with E-state index in [2.05, 4.69) is 11.6 Å². The van der Waals surface area contributed by atoms with Crippen molar-refractivity contribution in [2.75, 3.05) is 13.7 Å². The number of carbonyl (C=O) groups excluding carboxylic acids is 1. The number of ether oxygens (including phenoxy) is 2. The molecule has 0 fully saturated rings. The third-order valence-corrected chi connectivity index (χ3v) is 2.88. The first kappa shape index (κ1) is 18.2. The van der Waals surface area contributed by atoms with Crippen molar-refractivity contribution in [1.29, 1.82) is 0 Å². The van der Waals surface area contributed by atoms with E-state index in [1.54, 1.807) is 24.3 Å². The van der Waals surface area contributed by atoms with Crippen LogP contribution in [0.25, 0.3) is 0 Å². The molecule has 0 saturated carbocycles. The highest BCUT2D eigenvalue weighted by Crippen LogP contribution is 2.16. The Labute approximate surface area is 132 Å². The van der Waals surface area contributed by atoms with E-state index < -0.39 is 5.60 Å². The largest absolute Gasteiger partial charge is 0.444 e. The van der Waals surface area contributed by atoms with Crippen molar-refractivity contribution in [3.63, 3.8) is 0 Å². The van der Waals surface area contributed by atoms with E-state index in [-0.39, 0.29) is 6.09 Å². The fourth-order valence-corrected chi connectivity index (χ4v) is 1.97. The lowest BCUT2D eigenvalue weighted by atomic mass is 10.1. The second kappa shape index (κ2) is 7.94. The molecular weight excluding hydrogens is 280 g/mol. The summed E-state index contributed by atoms with van der Waals surface area (Å²) in [6.07, 6.45) is 3.10. The summed E-state index contributed by atoms with van der Waals surface area (Å²) in [5.74, 6) is 0. The van der Waals surface area contributed by atoms with Crippen LogP contribution in [-0.2, 0) is 22.6 Å². The zero-order valence-electron chi connectivity index (χ0n) is 14.2. The predicted octanol–water partition coefficient (Wildman–Crippen LogP) is 3.46. The van der Waals surface area contributed by atoms with Crippen LogP contribution in [0.5, 0.6) is 0 Å². The molecule has 22 heavy (non-hydrogen) atoms. The third-order valence-electron chi connectivity index (χ3n) is 2.88. The molecule has 5 heteroatoms. The topological polar surface area (TPSA) is 51.7 Å². The fraction of sp³-hybridized carbons (Fsp3) is 0.529. The van der Waals surface area contributed by atoms with Crippen molar-refractivity contribution in [3.8, 4) is 0 Å². The van der Waals surface area contributed by atoms with Gasteiger partial charge in [-0.25, -0.2) is 4.79 Å². The van der Waals surface area contributed by atoms with E-state index in [4.69, 9.17) is 9.47 Å². The van der Waals surface area contributed by atoms with E-state index in [0.29, 0.717) is 19.7 Å². The molecule has 1 heterocycles. The summed E-state index contributed by atoms with van der Waals surface area (Å²) in [4.78, 5) is 18.2. The molecule has 0 spiro atoms. The maximum atomic E-state index is 12.3. The van der Waals surface area contributed by atoms with E-state index in [1.165, 1.54) is 0 Å². The molecule has 0 aliphatic rings. The molecule has 0 unspecified atom stereocenters. The summed E-state index contributed by atoms with van der Waals surface area (Å²) >= 11 is 0. The Kier molecular flexibility index (Phi) is 6.56. The summed E-state index contributed by atoms with van der Waals surface area (Å²) < 4.78 is 10.7. The average molecular weight is 306 g/mol. The van der Waals surface area contributed by atoms with Crippen molar-refractivity contribution < 1.29 is 14.3 Å². The first-order chi connectivity index (χ1) is 10.3. The Bertz CT molecular complexity index is 521. The molecule has 1 rings (SSSR count). The highest BCUT2D eigenvalue weighted by atomic mass is 16.6. The SMILES string of the molecule is C=CCN(Cc1cnc(C)cc1COC)C(=O)OC(C)(C)C. The molecule has 1 aromatic rings. The molecule has 0 atom stereocenters. The molecule has 0 bridgehead atoms. The van der Waals surface area contributed by atoms with Crippen molar-refractivity contribution in [1.82, 2.24) is 9.88 Å². The molecule has 1 amide bonds. The second-order valence-corrected chi connectivity index (χ2v) is 6.18. The van der Waals surface area contributed by atoms with Crippen molar-refractivity contribution in [2.24, 2.45) is 0 Å². The first-order valence-electron chi connectivity index (χ1n) is 7.29. The minimum Gasteiger partial charge on any atom is -0.444 e. The monoisotopic (exact) mass is 306 g/mol. The standard InChI is InChI=1S/C17H26N2O3/c1-7-8-19(16(20)22-17(3,4)5)11-15-10-18-13(2)9-14(15)12-21-6/h7,9-10H,1,8,11-12H2,2-6H3. The minimum absolute atomic E-state index is 0.364. The van der Waals surface area contributed by atoms with Crippen LogP contribution in [0.1, 0.15) is 37.6 Å². The molecule has 0 aliphatic heterocycles. The van der Waals surface area contributed by atoms with E-state index in [9.17, 15) is 4.79 Å². The van der Waals surface area contributed by atoms with E-state index in [1.807, 2.05) is 33.8 Å². The molecule has 0 saturated heterocycles. The molecule has 0 aliphatic carbocycles. The van der Waals surface area contributed by atoms with Crippen LogP contribution in [0.15, 0.2) is 24.9 Å². The number of aryl methyl sites for hydroxylation is 1. The van der Waals surface area contributed by atoms with Gasteiger partial charge in [0.15, 0.2) is 0 Å². The van der Waals surface area contributed by atoms with Gasteiger partial charge in [0, 0.05) is 25.5 Å². The normalized spacial score (nSPS) is 11.1. The maximum absolute atomic E-state index is 12.3. The smallest absolute Gasteiger partial charge is 0.410 e. The van der Waals surface area contributed by atoms with Gasteiger partial charge < -0.3 is 14.4 Å². The van der Waals surface area contributed by atoms with E-state index in [0.717, 1.165) is 16.8 Å². The summed E-state index contributed by atoms with van der Waals surface area (Å²) in [5.41, 5.74) is 2.35. The van der Waals surface area contributed by atoms with Crippen LogP contribution < -0.4 is 0 Å². The van der Waals surface area contributed by atoms with Gasteiger partial charge in [0.2, 0.25) is 0 Å². The number of aromatic nitrogens is 1. The van der Waals surface area contributed by atoms with Gasteiger partial charge in [-0.2, -0.15) is 0 Å².